The van der Waals surface area contributed by atoms with Gasteiger partial charge in [0.15, 0.2) is 5.78 Å². The van der Waals surface area contributed by atoms with Crippen molar-refractivity contribution in [3.8, 4) is 0 Å². The first-order valence-electron chi connectivity index (χ1n) is 9.89. The van der Waals surface area contributed by atoms with Crippen LogP contribution in [-0.4, -0.2) is 23.0 Å². The molecule has 0 aliphatic carbocycles. The molecular weight excluding hydrogens is 462 g/mol. The molecule has 3 aromatic rings. The number of nitro benzene ring substituents is 1. The second-order valence-electron chi connectivity index (χ2n) is 7.16. The van der Waals surface area contributed by atoms with Crippen molar-refractivity contribution in [2.75, 3.05) is 11.2 Å². The zero-order chi connectivity index (χ0) is 23.5. The third kappa shape index (κ3) is 4.48. The summed E-state index contributed by atoms with van der Waals surface area (Å²) in [6.45, 7) is 0. The summed E-state index contributed by atoms with van der Waals surface area (Å²) in [4.78, 5) is 39.0. The molecule has 0 saturated heterocycles. The van der Waals surface area contributed by atoms with Gasteiger partial charge in [0.1, 0.15) is 0 Å². The summed E-state index contributed by atoms with van der Waals surface area (Å²) >= 11 is 7.28. The van der Waals surface area contributed by atoms with Crippen LogP contribution in [0.25, 0.3) is 0 Å². The molecule has 7 nitrogen and oxygen atoms in total. The SMILES string of the molecule is CSC1=C(C(=O)c2ccc(Cl)cc2)[C@@H](c2ccc([N+](=O)[O-])cc2)NC(=O)N1c1ccccc1. The van der Waals surface area contributed by atoms with Gasteiger partial charge in [-0.2, -0.15) is 0 Å². The Bertz CT molecular complexity index is 1240. The van der Waals surface area contributed by atoms with Gasteiger partial charge in [-0.25, -0.2) is 4.79 Å². The Kier molecular flexibility index (Phi) is 6.48. The maximum absolute atomic E-state index is 13.7. The van der Waals surface area contributed by atoms with Crippen molar-refractivity contribution in [3.05, 3.63) is 116 Å². The molecule has 4 rings (SSSR count). The van der Waals surface area contributed by atoms with Gasteiger partial charge in [-0.3, -0.25) is 19.8 Å². The second kappa shape index (κ2) is 9.48. The first-order valence-corrected chi connectivity index (χ1v) is 11.5. The zero-order valence-corrected chi connectivity index (χ0v) is 19.0. The average Bonchev–Trinajstić information content (AvgIpc) is 2.84. The quantitative estimate of drug-likeness (QED) is 0.267. The fourth-order valence-corrected chi connectivity index (χ4v) is 4.56. The number of amides is 2. The van der Waals surface area contributed by atoms with E-state index in [0.29, 0.717) is 32.4 Å². The number of hydrogen-bond donors (Lipinski definition) is 1. The molecule has 9 heteroatoms. The molecular formula is C24H18ClN3O4S. The number of rotatable bonds is 6. The third-order valence-electron chi connectivity index (χ3n) is 5.19. The Morgan fingerprint density at radius 2 is 1.67 bits per heavy atom. The molecule has 0 radical (unpaired) electrons. The highest BCUT2D eigenvalue weighted by Gasteiger charge is 2.38. The summed E-state index contributed by atoms with van der Waals surface area (Å²) in [5.74, 6) is -0.277. The van der Waals surface area contributed by atoms with Crippen LogP contribution < -0.4 is 10.2 Å². The Morgan fingerprint density at radius 1 is 1.03 bits per heavy atom. The predicted octanol–water partition coefficient (Wildman–Crippen LogP) is 5.98. The van der Waals surface area contributed by atoms with E-state index in [1.807, 2.05) is 18.2 Å². The number of anilines is 1. The fraction of sp³-hybridized carbons (Fsp3) is 0.0833. The first-order chi connectivity index (χ1) is 15.9. The standard InChI is InChI=1S/C24H18ClN3O4S/c1-33-23-20(22(29)16-7-11-17(25)12-8-16)21(15-9-13-19(14-10-15)28(31)32)26-24(30)27(23)18-5-3-2-4-6-18/h2-14,21H,1H3,(H,26,30)/t21-/m1/s1. The van der Waals surface area contributed by atoms with Crippen molar-refractivity contribution < 1.29 is 14.5 Å². The summed E-state index contributed by atoms with van der Waals surface area (Å²) in [5.41, 5.74) is 1.87. The monoisotopic (exact) mass is 479 g/mol. The lowest BCUT2D eigenvalue weighted by atomic mass is 9.91. The molecule has 0 fully saturated rings. The molecule has 1 aliphatic rings. The number of nitrogens with zero attached hydrogens (tertiary/aromatic N) is 2. The van der Waals surface area contributed by atoms with Crippen molar-refractivity contribution in [1.82, 2.24) is 5.32 Å². The van der Waals surface area contributed by atoms with Gasteiger partial charge < -0.3 is 5.32 Å². The van der Waals surface area contributed by atoms with E-state index >= 15 is 0 Å². The third-order valence-corrected chi connectivity index (χ3v) is 6.23. The van der Waals surface area contributed by atoms with E-state index in [4.69, 9.17) is 11.6 Å². The largest absolute Gasteiger partial charge is 0.327 e. The molecule has 3 aromatic carbocycles. The minimum absolute atomic E-state index is 0.0774. The first kappa shape index (κ1) is 22.6. The lowest BCUT2D eigenvalue weighted by Crippen LogP contribution is -2.48. The Labute approximate surface area is 199 Å². The van der Waals surface area contributed by atoms with E-state index in [2.05, 4.69) is 5.32 Å². The highest BCUT2D eigenvalue weighted by atomic mass is 35.5. The number of benzene rings is 3. The smallest absolute Gasteiger partial charge is 0.326 e. The number of carbonyl (C=O) groups excluding carboxylic acids is 2. The van der Waals surface area contributed by atoms with Gasteiger partial charge in [0.25, 0.3) is 5.69 Å². The van der Waals surface area contributed by atoms with Crippen LogP contribution in [0.15, 0.2) is 89.5 Å². The second-order valence-corrected chi connectivity index (χ2v) is 8.39. The number of halogens is 1. The molecule has 2 amide bonds. The van der Waals surface area contributed by atoms with Gasteiger partial charge in [-0.05, 0) is 60.4 Å². The summed E-state index contributed by atoms with van der Waals surface area (Å²) in [5, 5.41) is 15.0. The fourth-order valence-electron chi connectivity index (χ4n) is 3.63. The van der Waals surface area contributed by atoms with Crippen molar-refractivity contribution >= 4 is 46.6 Å². The number of carbonyl (C=O) groups is 2. The number of Topliss-reactive ketones (excluding diaryl/α,β-unsaturated/α-hetero) is 1. The molecule has 0 spiro atoms. The summed E-state index contributed by atoms with van der Waals surface area (Å²) < 4.78 is 0. The number of non-ortho nitro benzene ring substituents is 1. The Morgan fingerprint density at radius 3 is 2.24 bits per heavy atom. The highest BCUT2D eigenvalue weighted by molar-refractivity contribution is 8.02. The normalized spacial score (nSPS) is 15.9. The van der Waals surface area contributed by atoms with Crippen LogP contribution in [-0.2, 0) is 0 Å². The van der Waals surface area contributed by atoms with Gasteiger partial charge in [-0.1, -0.05) is 29.8 Å². The zero-order valence-electron chi connectivity index (χ0n) is 17.4. The molecule has 0 saturated carbocycles. The highest BCUT2D eigenvalue weighted by Crippen LogP contribution is 2.39. The summed E-state index contributed by atoms with van der Waals surface area (Å²) in [6, 6.07) is 20.2. The summed E-state index contributed by atoms with van der Waals surface area (Å²) in [6.07, 6.45) is 1.80. The molecule has 1 atom stereocenters. The van der Waals surface area contributed by atoms with E-state index in [-0.39, 0.29) is 11.5 Å². The topological polar surface area (TPSA) is 92.5 Å². The predicted molar refractivity (Wildman–Crippen MR) is 130 cm³/mol. The van der Waals surface area contributed by atoms with Crippen molar-refractivity contribution in [2.45, 2.75) is 6.04 Å². The van der Waals surface area contributed by atoms with Crippen molar-refractivity contribution in [2.24, 2.45) is 0 Å². The molecule has 0 aromatic heterocycles. The van der Waals surface area contributed by atoms with E-state index in [1.54, 1.807) is 54.8 Å². The average molecular weight is 480 g/mol. The van der Waals surface area contributed by atoms with Crippen LogP contribution in [0, 0.1) is 10.1 Å². The lowest BCUT2D eigenvalue weighted by Gasteiger charge is -2.36. The Hall–Kier alpha value is -3.62. The van der Waals surface area contributed by atoms with Crippen LogP contribution in [0.5, 0.6) is 0 Å². The molecule has 0 unspecified atom stereocenters. The van der Waals surface area contributed by atoms with Crippen molar-refractivity contribution in [1.29, 1.82) is 0 Å². The van der Waals surface area contributed by atoms with Gasteiger partial charge in [0, 0.05) is 22.7 Å². The van der Waals surface area contributed by atoms with Gasteiger partial charge in [0.2, 0.25) is 0 Å². The molecule has 1 N–H and O–H groups in total. The number of nitro groups is 1. The number of ketones is 1. The number of urea groups is 1. The van der Waals surface area contributed by atoms with E-state index in [9.17, 15) is 19.7 Å². The molecule has 33 heavy (non-hydrogen) atoms. The van der Waals surface area contributed by atoms with Crippen LogP contribution in [0.3, 0.4) is 0 Å². The van der Waals surface area contributed by atoms with Crippen LogP contribution >= 0.6 is 23.4 Å². The van der Waals surface area contributed by atoms with E-state index in [0.717, 1.165) is 0 Å². The van der Waals surface area contributed by atoms with E-state index in [1.165, 1.54) is 28.8 Å². The molecule has 166 valence electrons. The number of hydrogen-bond acceptors (Lipinski definition) is 5. The van der Waals surface area contributed by atoms with Crippen molar-refractivity contribution in [3.63, 3.8) is 0 Å². The number of nitrogens with one attached hydrogen (secondary N) is 1. The van der Waals surface area contributed by atoms with Crippen LogP contribution in [0.2, 0.25) is 5.02 Å². The minimum Gasteiger partial charge on any atom is -0.326 e. The van der Waals surface area contributed by atoms with Gasteiger partial charge >= 0.3 is 6.03 Å². The maximum atomic E-state index is 13.7. The van der Waals surface area contributed by atoms with Gasteiger partial charge in [0.05, 0.1) is 27.3 Å². The Balaban J connectivity index is 1.90. The van der Waals surface area contributed by atoms with Crippen LogP contribution in [0.4, 0.5) is 16.2 Å². The molecule has 1 aliphatic heterocycles. The molecule has 1 heterocycles. The molecule has 0 bridgehead atoms. The summed E-state index contributed by atoms with van der Waals surface area (Å²) in [7, 11) is 0. The van der Waals surface area contributed by atoms with Crippen LogP contribution in [0.1, 0.15) is 22.0 Å². The lowest BCUT2D eigenvalue weighted by molar-refractivity contribution is -0.384. The van der Waals surface area contributed by atoms with E-state index < -0.39 is 17.0 Å². The minimum atomic E-state index is -0.788. The maximum Gasteiger partial charge on any atom is 0.327 e. The number of para-hydroxylation sites is 1. The van der Waals surface area contributed by atoms with Gasteiger partial charge in [-0.15, -0.1) is 11.8 Å². The number of thioether (sulfide) groups is 1.